The summed E-state index contributed by atoms with van der Waals surface area (Å²) in [6.07, 6.45) is 3.27. The summed E-state index contributed by atoms with van der Waals surface area (Å²) in [5.74, 6) is -0.957. The molecule has 2 aromatic rings. The molecule has 2 aliphatic rings. The molecule has 6 nitrogen and oxygen atoms in total. The zero-order valence-corrected chi connectivity index (χ0v) is 18.2. The van der Waals surface area contributed by atoms with Gasteiger partial charge in [0.15, 0.2) is 0 Å². The first-order chi connectivity index (χ1) is 15.3. The van der Waals surface area contributed by atoms with Crippen molar-refractivity contribution in [3.63, 3.8) is 0 Å². The molecule has 2 fully saturated rings. The standard InChI is InChI=1S/C24H28F2N4O2/c1-15(29(2)24(32)27-18-7-5-6-17(26)14-18)22-28-21-9-4-3-8-20(21)23(31)30(22)19-12-10-16(25)11-13-19/h5-7,10-15,20-22,28H,3-4,8-9H2,1-2H3,(H,27,32). The van der Waals surface area contributed by atoms with E-state index in [2.05, 4.69) is 10.6 Å². The minimum absolute atomic E-state index is 0.00385. The lowest BCUT2D eigenvalue weighted by atomic mass is 9.81. The van der Waals surface area contributed by atoms with Gasteiger partial charge in [-0.1, -0.05) is 18.9 Å². The van der Waals surface area contributed by atoms with Crippen LogP contribution in [0.2, 0.25) is 0 Å². The Kier molecular flexibility index (Phi) is 6.41. The number of nitrogens with zero attached hydrogens (tertiary/aromatic N) is 2. The second-order valence-corrected chi connectivity index (χ2v) is 8.59. The van der Waals surface area contributed by atoms with Crippen LogP contribution in [0.1, 0.15) is 32.6 Å². The summed E-state index contributed by atoms with van der Waals surface area (Å²) >= 11 is 0. The van der Waals surface area contributed by atoms with Gasteiger partial charge in [0.25, 0.3) is 0 Å². The van der Waals surface area contributed by atoms with E-state index in [-0.39, 0.29) is 23.7 Å². The Morgan fingerprint density at radius 3 is 2.56 bits per heavy atom. The van der Waals surface area contributed by atoms with Crippen molar-refractivity contribution in [3.05, 3.63) is 60.2 Å². The molecular weight excluding hydrogens is 414 g/mol. The lowest BCUT2D eigenvalue weighted by Crippen LogP contribution is -2.69. The maximum atomic E-state index is 13.5. The van der Waals surface area contributed by atoms with E-state index in [1.165, 1.54) is 35.2 Å². The smallest absolute Gasteiger partial charge is 0.321 e. The maximum absolute atomic E-state index is 13.5. The molecule has 0 spiro atoms. The van der Waals surface area contributed by atoms with Crippen LogP contribution in [0.5, 0.6) is 0 Å². The lowest BCUT2D eigenvalue weighted by molar-refractivity contribution is -0.127. The average molecular weight is 443 g/mol. The largest absolute Gasteiger partial charge is 0.321 e. The van der Waals surface area contributed by atoms with Gasteiger partial charge >= 0.3 is 6.03 Å². The summed E-state index contributed by atoms with van der Waals surface area (Å²) < 4.78 is 27.0. The van der Waals surface area contributed by atoms with Crippen molar-refractivity contribution in [2.75, 3.05) is 17.3 Å². The normalized spacial score (nSPS) is 23.9. The first kappa shape index (κ1) is 22.2. The number of benzene rings is 2. The molecule has 1 saturated heterocycles. The summed E-state index contributed by atoms with van der Waals surface area (Å²) in [5, 5.41) is 6.29. The molecule has 4 unspecified atom stereocenters. The van der Waals surface area contributed by atoms with Crippen molar-refractivity contribution in [2.45, 2.75) is 50.9 Å². The highest BCUT2D eigenvalue weighted by Gasteiger charge is 2.45. The number of likely N-dealkylation sites (N-methyl/N-ethyl adjacent to an activating group) is 1. The molecule has 1 heterocycles. The molecule has 1 aliphatic heterocycles. The van der Waals surface area contributed by atoms with E-state index in [4.69, 9.17) is 0 Å². The Hall–Kier alpha value is -3.00. The fraction of sp³-hybridized carbons (Fsp3) is 0.417. The van der Waals surface area contributed by atoms with Crippen molar-refractivity contribution in [3.8, 4) is 0 Å². The third-order valence-corrected chi connectivity index (χ3v) is 6.55. The molecule has 0 radical (unpaired) electrons. The Balaban J connectivity index is 1.59. The number of rotatable bonds is 4. The SMILES string of the molecule is CC(C1NC2CCCCC2C(=O)N1c1ccc(F)cc1)N(C)C(=O)Nc1cccc(F)c1. The Labute approximate surface area is 186 Å². The maximum Gasteiger partial charge on any atom is 0.321 e. The zero-order chi connectivity index (χ0) is 22.8. The monoisotopic (exact) mass is 442 g/mol. The Morgan fingerprint density at radius 2 is 1.84 bits per heavy atom. The molecule has 0 bridgehead atoms. The van der Waals surface area contributed by atoms with Crippen molar-refractivity contribution < 1.29 is 18.4 Å². The zero-order valence-electron chi connectivity index (χ0n) is 18.2. The van der Waals surface area contributed by atoms with Gasteiger partial charge in [-0.25, -0.2) is 13.6 Å². The highest BCUT2D eigenvalue weighted by atomic mass is 19.1. The summed E-state index contributed by atoms with van der Waals surface area (Å²) in [5.41, 5.74) is 0.938. The minimum atomic E-state index is -0.490. The number of fused-ring (bicyclic) bond motifs is 1. The highest BCUT2D eigenvalue weighted by molar-refractivity contribution is 5.97. The predicted octanol–water partition coefficient (Wildman–Crippen LogP) is 4.34. The Morgan fingerprint density at radius 1 is 1.12 bits per heavy atom. The summed E-state index contributed by atoms with van der Waals surface area (Å²) in [6.45, 7) is 1.86. The molecule has 32 heavy (non-hydrogen) atoms. The molecule has 3 amide bonds. The second kappa shape index (κ2) is 9.24. The van der Waals surface area contributed by atoms with E-state index in [1.807, 2.05) is 6.92 Å². The van der Waals surface area contributed by atoms with Crippen LogP contribution in [0.3, 0.4) is 0 Å². The van der Waals surface area contributed by atoms with Gasteiger partial charge in [-0.05, 0) is 62.2 Å². The van der Waals surface area contributed by atoms with E-state index in [1.54, 1.807) is 30.1 Å². The van der Waals surface area contributed by atoms with Crippen molar-refractivity contribution in [1.29, 1.82) is 0 Å². The van der Waals surface area contributed by atoms with E-state index in [9.17, 15) is 18.4 Å². The van der Waals surface area contributed by atoms with Crippen LogP contribution in [0.15, 0.2) is 48.5 Å². The number of carbonyl (C=O) groups is 2. The first-order valence-electron chi connectivity index (χ1n) is 11.0. The summed E-state index contributed by atoms with van der Waals surface area (Å²) in [6, 6.07) is 10.7. The topological polar surface area (TPSA) is 64.7 Å². The molecule has 4 rings (SSSR count). The first-order valence-corrected chi connectivity index (χ1v) is 11.0. The van der Waals surface area contributed by atoms with E-state index in [0.29, 0.717) is 11.4 Å². The van der Waals surface area contributed by atoms with Crippen molar-refractivity contribution in [1.82, 2.24) is 10.2 Å². The molecule has 170 valence electrons. The number of hydrogen-bond donors (Lipinski definition) is 2. The van der Waals surface area contributed by atoms with Gasteiger partial charge in [0.1, 0.15) is 17.8 Å². The van der Waals surface area contributed by atoms with Gasteiger partial charge < -0.3 is 10.2 Å². The minimum Gasteiger partial charge on any atom is -0.321 e. The van der Waals surface area contributed by atoms with Gasteiger partial charge in [0.05, 0.1) is 12.0 Å². The third-order valence-electron chi connectivity index (χ3n) is 6.55. The predicted molar refractivity (Wildman–Crippen MR) is 119 cm³/mol. The van der Waals surface area contributed by atoms with Crippen LogP contribution in [0, 0.1) is 17.6 Å². The number of urea groups is 1. The lowest BCUT2D eigenvalue weighted by Gasteiger charge is -2.49. The molecule has 4 atom stereocenters. The summed E-state index contributed by atoms with van der Waals surface area (Å²) in [7, 11) is 1.64. The van der Waals surface area contributed by atoms with Gasteiger partial charge in [-0.3, -0.25) is 15.0 Å². The van der Waals surface area contributed by atoms with Crippen LogP contribution in [0.25, 0.3) is 0 Å². The molecular formula is C24H28F2N4O2. The number of halogens is 2. The molecule has 1 saturated carbocycles. The fourth-order valence-electron chi connectivity index (χ4n) is 4.65. The van der Waals surface area contributed by atoms with Crippen molar-refractivity contribution >= 4 is 23.3 Å². The number of nitrogens with one attached hydrogen (secondary N) is 2. The van der Waals surface area contributed by atoms with E-state index < -0.39 is 24.1 Å². The van der Waals surface area contributed by atoms with Crippen LogP contribution < -0.4 is 15.5 Å². The second-order valence-electron chi connectivity index (χ2n) is 8.59. The molecule has 2 N–H and O–H groups in total. The quantitative estimate of drug-likeness (QED) is 0.741. The number of anilines is 2. The molecule has 2 aromatic carbocycles. The fourth-order valence-corrected chi connectivity index (χ4v) is 4.65. The van der Waals surface area contributed by atoms with Crippen LogP contribution in [-0.2, 0) is 4.79 Å². The summed E-state index contributed by atoms with van der Waals surface area (Å²) in [4.78, 5) is 29.5. The number of hydrogen-bond acceptors (Lipinski definition) is 3. The Bertz CT molecular complexity index is 984. The van der Waals surface area contributed by atoms with Crippen LogP contribution in [-0.4, -0.2) is 42.1 Å². The van der Waals surface area contributed by atoms with Gasteiger partial charge in [0, 0.05) is 24.5 Å². The highest BCUT2D eigenvalue weighted by Crippen LogP contribution is 2.34. The average Bonchev–Trinajstić information content (AvgIpc) is 2.79. The van der Waals surface area contributed by atoms with Gasteiger partial charge in [0.2, 0.25) is 5.91 Å². The van der Waals surface area contributed by atoms with Crippen LogP contribution >= 0.6 is 0 Å². The molecule has 8 heteroatoms. The van der Waals surface area contributed by atoms with E-state index in [0.717, 1.165) is 25.7 Å². The van der Waals surface area contributed by atoms with Gasteiger partial charge in [-0.2, -0.15) is 0 Å². The number of carbonyl (C=O) groups excluding carboxylic acids is 2. The van der Waals surface area contributed by atoms with Gasteiger partial charge in [-0.15, -0.1) is 0 Å². The molecule has 0 aromatic heterocycles. The number of amides is 3. The molecule has 1 aliphatic carbocycles. The third kappa shape index (κ3) is 4.46. The van der Waals surface area contributed by atoms with Crippen molar-refractivity contribution in [2.24, 2.45) is 5.92 Å². The van der Waals surface area contributed by atoms with Crippen LogP contribution in [0.4, 0.5) is 25.0 Å². The van der Waals surface area contributed by atoms with E-state index >= 15 is 0 Å².